The van der Waals surface area contributed by atoms with E-state index >= 15 is 0 Å². The van der Waals surface area contributed by atoms with Gasteiger partial charge in [0.05, 0.1) is 5.69 Å². The first-order valence-electron chi connectivity index (χ1n) is 9.25. The molecular weight excluding hydrogens is 371 g/mol. The van der Waals surface area contributed by atoms with Crippen LogP contribution in [-0.4, -0.2) is 26.8 Å². The van der Waals surface area contributed by atoms with Crippen molar-refractivity contribution in [2.45, 2.75) is 13.1 Å². The molecule has 4 rings (SSSR count). The summed E-state index contributed by atoms with van der Waals surface area (Å²) >= 11 is 0. The summed E-state index contributed by atoms with van der Waals surface area (Å²) < 4.78 is 17.1. The third-order valence-corrected chi connectivity index (χ3v) is 4.66. The zero-order chi connectivity index (χ0) is 20.2. The minimum absolute atomic E-state index is 0.229. The third-order valence-electron chi connectivity index (χ3n) is 4.66. The second kappa shape index (κ2) is 8.10. The van der Waals surface area contributed by atoms with Gasteiger partial charge in [-0.3, -0.25) is 9.59 Å². The van der Waals surface area contributed by atoms with Crippen LogP contribution in [0.1, 0.15) is 0 Å². The van der Waals surface area contributed by atoms with Crippen LogP contribution in [0.4, 0.5) is 4.39 Å². The maximum atomic E-state index is 14.0. The van der Waals surface area contributed by atoms with Crippen molar-refractivity contribution < 1.29 is 9.18 Å². The summed E-state index contributed by atoms with van der Waals surface area (Å²) in [4.78, 5) is 24.3. The number of hydrogen-bond acceptors (Lipinski definition) is 3. The van der Waals surface area contributed by atoms with E-state index in [4.69, 9.17) is 0 Å². The van der Waals surface area contributed by atoms with Crippen LogP contribution in [-0.2, 0) is 17.9 Å². The summed E-state index contributed by atoms with van der Waals surface area (Å²) in [6, 6.07) is 18.9. The molecule has 0 saturated heterocycles. The van der Waals surface area contributed by atoms with E-state index in [1.807, 2.05) is 36.5 Å². The number of amides is 1. The molecule has 6 nitrogen and oxygen atoms in total. The van der Waals surface area contributed by atoms with Crippen LogP contribution < -0.4 is 10.9 Å². The van der Waals surface area contributed by atoms with Gasteiger partial charge in [0, 0.05) is 36.4 Å². The number of para-hydroxylation sites is 1. The van der Waals surface area contributed by atoms with Gasteiger partial charge in [-0.1, -0.05) is 30.3 Å². The minimum atomic E-state index is -0.436. The lowest BCUT2D eigenvalue weighted by atomic mass is 10.1. The molecular formula is C22H19FN4O2. The molecule has 2 aromatic heterocycles. The lowest BCUT2D eigenvalue weighted by Gasteiger charge is -2.10. The topological polar surface area (TPSA) is 68.9 Å². The van der Waals surface area contributed by atoms with Crippen LogP contribution in [0.2, 0.25) is 0 Å². The first kappa shape index (κ1) is 18.6. The van der Waals surface area contributed by atoms with E-state index < -0.39 is 11.4 Å². The molecule has 0 radical (unpaired) electrons. The highest BCUT2D eigenvalue weighted by molar-refractivity contribution is 5.80. The average Bonchev–Trinajstić information content (AvgIpc) is 3.13. The number of aromatic nitrogens is 3. The Morgan fingerprint density at radius 2 is 1.79 bits per heavy atom. The monoisotopic (exact) mass is 390 g/mol. The Balaban J connectivity index is 1.41. The predicted molar refractivity (Wildman–Crippen MR) is 109 cm³/mol. The Bertz CT molecular complexity index is 1230. The summed E-state index contributed by atoms with van der Waals surface area (Å²) in [5.74, 6) is -0.768. The number of benzene rings is 2. The molecule has 146 valence electrons. The molecule has 0 aliphatic heterocycles. The maximum absolute atomic E-state index is 14.0. The van der Waals surface area contributed by atoms with Gasteiger partial charge in [-0.25, -0.2) is 9.07 Å². The van der Waals surface area contributed by atoms with Crippen molar-refractivity contribution >= 4 is 16.8 Å². The number of rotatable bonds is 6. The van der Waals surface area contributed by atoms with Crippen LogP contribution >= 0.6 is 0 Å². The molecule has 0 bridgehead atoms. The van der Waals surface area contributed by atoms with Crippen molar-refractivity contribution in [2.24, 2.45) is 0 Å². The van der Waals surface area contributed by atoms with Gasteiger partial charge in [0.2, 0.25) is 5.91 Å². The van der Waals surface area contributed by atoms with Gasteiger partial charge in [-0.2, -0.15) is 5.10 Å². The van der Waals surface area contributed by atoms with Gasteiger partial charge >= 0.3 is 0 Å². The lowest BCUT2D eigenvalue weighted by molar-refractivity contribution is -0.121. The Kier molecular flexibility index (Phi) is 5.20. The molecule has 0 atom stereocenters. The van der Waals surface area contributed by atoms with Gasteiger partial charge in [0.25, 0.3) is 5.56 Å². The molecule has 2 aromatic carbocycles. The van der Waals surface area contributed by atoms with E-state index in [-0.39, 0.29) is 18.0 Å². The standard InChI is InChI=1S/C22H19FN4O2/c23-18-7-3-2-6-17(18)19-9-10-22(29)27(25-19)15-21(28)24-12-14-26-13-11-16-5-1-4-8-20(16)26/h1-11,13H,12,14-15H2,(H,24,28). The quantitative estimate of drug-likeness (QED) is 0.550. The SMILES string of the molecule is O=C(Cn1nc(-c2ccccc2F)ccc1=O)NCCn1ccc2ccccc21. The van der Waals surface area contributed by atoms with Crippen molar-refractivity contribution in [1.82, 2.24) is 19.7 Å². The molecule has 0 saturated carbocycles. The summed E-state index contributed by atoms with van der Waals surface area (Å²) in [7, 11) is 0. The van der Waals surface area contributed by atoms with Crippen molar-refractivity contribution in [2.75, 3.05) is 6.54 Å². The third kappa shape index (κ3) is 4.08. The Labute approximate surface area is 166 Å². The van der Waals surface area contributed by atoms with Gasteiger partial charge < -0.3 is 9.88 Å². The molecule has 0 aliphatic carbocycles. The number of nitrogens with zero attached hydrogens (tertiary/aromatic N) is 3. The fraction of sp³-hybridized carbons (Fsp3) is 0.136. The van der Waals surface area contributed by atoms with Crippen molar-refractivity contribution in [1.29, 1.82) is 0 Å². The van der Waals surface area contributed by atoms with Crippen LogP contribution in [0.25, 0.3) is 22.2 Å². The first-order valence-corrected chi connectivity index (χ1v) is 9.25. The summed E-state index contributed by atoms with van der Waals surface area (Å²) in [6.07, 6.45) is 1.97. The minimum Gasteiger partial charge on any atom is -0.353 e. The van der Waals surface area contributed by atoms with E-state index in [0.717, 1.165) is 15.6 Å². The number of carbonyl (C=O) groups is 1. The zero-order valence-electron chi connectivity index (χ0n) is 15.6. The number of carbonyl (C=O) groups excluding carboxylic acids is 1. The molecule has 29 heavy (non-hydrogen) atoms. The van der Waals surface area contributed by atoms with Gasteiger partial charge in [0.1, 0.15) is 12.4 Å². The van der Waals surface area contributed by atoms with Crippen molar-refractivity contribution in [3.05, 3.63) is 89.1 Å². The summed E-state index contributed by atoms with van der Waals surface area (Å²) in [5, 5.41) is 8.08. The molecule has 0 fully saturated rings. The Morgan fingerprint density at radius 3 is 2.66 bits per heavy atom. The second-order valence-corrected chi connectivity index (χ2v) is 6.61. The number of fused-ring (bicyclic) bond motifs is 1. The fourth-order valence-electron chi connectivity index (χ4n) is 3.22. The van der Waals surface area contributed by atoms with Crippen LogP contribution in [0.3, 0.4) is 0 Å². The van der Waals surface area contributed by atoms with E-state index in [2.05, 4.69) is 15.0 Å². The Morgan fingerprint density at radius 1 is 1.00 bits per heavy atom. The van der Waals surface area contributed by atoms with E-state index in [9.17, 15) is 14.0 Å². The number of nitrogens with one attached hydrogen (secondary N) is 1. The largest absolute Gasteiger partial charge is 0.353 e. The molecule has 0 unspecified atom stereocenters. The average molecular weight is 390 g/mol. The summed E-state index contributed by atoms with van der Waals surface area (Å²) in [6.45, 7) is 0.795. The van der Waals surface area contributed by atoms with E-state index in [1.54, 1.807) is 18.2 Å². The van der Waals surface area contributed by atoms with Crippen molar-refractivity contribution in [3.63, 3.8) is 0 Å². The molecule has 1 amide bonds. The van der Waals surface area contributed by atoms with Gasteiger partial charge in [-0.05, 0) is 35.7 Å². The molecule has 0 aliphatic rings. The van der Waals surface area contributed by atoms with Crippen LogP contribution in [0.15, 0.2) is 77.7 Å². The molecule has 1 N–H and O–H groups in total. The highest BCUT2D eigenvalue weighted by atomic mass is 19.1. The first-order chi connectivity index (χ1) is 14.1. The highest BCUT2D eigenvalue weighted by Gasteiger charge is 2.10. The smallest absolute Gasteiger partial charge is 0.267 e. The molecule has 2 heterocycles. The number of hydrogen-bond donors (Lipinski definition) is 1. The van der Waals surface area contributed by atoms with Crippen molar-refractivity contribution in [3.8, 4) is 11.3 Å². The fourth-order valence-corrected chi connectivity index (χ4v) is 3.22. The van der Waals surface area contributed by atoms with E-state index in [1.165, 1.54) is 18.2 Å². The second-order valence-electron chi connectivity index (χ2n) is 6.61. The van der Waals surface area contributed by atoms with Crippen LogP contribution in [0, 0.1) is 5.82 Å². The molecule has 7 heteroatoms. The van der Waals surface area contributed by atoms with E-state index in [0.29, 0.717) is 18.8 Å². The maximum Gasteiger partial charge on any atom is 0.267 e. The predicted octanol–water partition coefficient (Wildman–Crippen LogP) is 2.82. The molecule has 0 spiro atoms. The zero-order valence-corrected chi connectivity index (χ0v) is 15.6. The Hall–Kier alpha value is -3.74. The lowest BCUT2D eigenvalue weighted by Crippen LogP contribution is -2.35. The molecule has 4 aromatic rings. The van der Waals surface area contributed by atoms with Crippen LogP contribution in [0.5, 0.6) is 0 Å². The number of halogens is 1. The highest BCUT2D eigenvalue weighted by Crippen LogP contribution is 2.18. The van der Waals surface area contributed by atoms with Gasteiger partial charge in [0.15, 0.2) is 0 Å². The summed E-state index contributed by atoms with van der Waals surface area (Å²) in [5.41, 5.74) is 1.25. The van der Waals surface area contributed by atoms with Gasteiger partial charge in [-0.15, -0.1) is 0 Å². The normalized spacial score (nSPS) is 10.9.